The SMILES string of the molecule is NC(=S)c1ccc(N2CC3CCC2C3)c(Br)c1. The monoisotopic (exact) mass is 310 g/mol. The third-order valence-corrected chi connectivity index (χ3v) is 4.82. The molecule has 1 aliphatic carbocycles. The second-order valence-corrected chi connectivity index (χ2v) is 6.31. The number of hydrogen-bond acceptors (Lipinski definition) is 2. The third kappa shape index (κ3) is 1.97. The fraction of sp³-hybridized carbons (Fsp3) is 0.462. The molecule has 0 amide bonds. The molecule has 1 aromatic rings. The van der Waals surface area contributed by atoms with Gasteiger partial charge in [0.2, 0.25) is 0 Å². The Balaban J connectivity index is 1.91. The third-order valence-electron chi connectivity index (χ3n) is 3.95. The first-order valence-electron chi connectivity index (χ1n) is 6.01. The zero-order valence-electron chi connectivity index (χ0n) is 9.53. The number of thiocarbonyl (C=S) groups is 1. The van der Waals surface area contributed by atoms with Gasteiger partial charge in [-0.15, -0.1) is 0 Å². The summed E-state index contributed by atoms with van der Waals surface area (Å²) in [6.45, 7) is 1.20. The standard InChI is InChI=1S/C13H15BrN2S/c14-11-6-9(13(15)17)2-4-12(11)16-7-8-1-3-10(16)5-8/h2,4,6,8,10H,1,3,5,7H2,(H2,15,17). The minimum Gasteiger partial charge on any atom is -0.389 e. The van der Waals surface area contributed by atoms with Crippen LogP contribution in [0.3, 0.4) is 0 Å². The van der Waals surface area contributed by atoms with Gasteiger partial charge in [0, 0.05) is 22.6 Å². The maximum absolute atomic E-state index is 5.64. The summed E-state index contributed by atoms with van der Waals surface area (Å²) < 4.78 is 1.11. The number of hydrogen-bond donors (Lipinski definition) is 1. The van der Waals surface area contributed by atoms with E-state index in [1.807, 2.05) is 12.1 Å². The number of piperidine rings is 1. The van der Waals surface area contributed by atoms with Crippen molar-refractivity contribution in [2.45, 2.75) is 25.3 Å². The van der Waals surface area contributed by atoms with Crippen molar-refractivity contribution in [2.24, 2.45) is 11.7 Å². The van der Waals surface area contributed by atoms with Gasteiger partial charge in [-0.2, -0.15) is 0 Å². The molecule has 1 saturated heterocycles. The lowest BCUT2D eigenvalue weighted by molar-refractivity contribution is 0.553. The maximum atomic E-state index is 5.64. The van der Waals surface area contributed by atoms with Gasteiger partial charge in [0.1, 0.15) is 4.99 Å². The molecular weight excluding hydrogens is 296 g/mol. The lowest BCUT2D eigenvalue weighted by atomic mass is 10.1. The predicted molar refractivity (Wildman–Crippen MR) is 78.5 cm³/mol. The number of nitrogens with two attached hydrogens (primary N) is 1. The molecule has 1 aromatic carbocycles. The van der Waals surface area contributed by atoms with Crippen LogP contribution in [-0.4, -0.2) is 17.6 Å². The van der Waals surface area contributed by atoms with Gasteiger partial charge in [-0.25, -0.2) is 0 Å². The van der Waals surface area contributed by atoms with Crippen LogP contribution in [0.25, 0.3) is 0 Å². The van der Waals surface area contributed by atoms with Crippen LogP contribution in [0.4, 0.5) is 5.69 Å². The normalized spacial score (nSPS) is 26.5. The Morgan fingerprint density at radius 3 is 2.76 bits per heavy atom. The average molecular weight is 311 g/mol. The van der Waals surface area contributed by atoms with E-state index in [-0.39, 0.29) is 0 Å². The molecule has 2 fully saturated rings. The smallest absolute Gasteiger partial charge is 0.104 e. The van der Waals surface area contributed by atoms with Crippen LogP contribution >= 0.6 is 28.1 Å². The van der Waals surface area contributed by atoms with E-state index in [9.17, 15) is 0 Å². The Morgan fingerprint density at radius 2 is 2.24 bits per heavy atom. The number of fused-ring (bicyclic) bond motifs is 2. The van der Waals surface area contributed by atoms with Gasteiger partial charge in [-0.1, -0.05) is 12.2 Å². The first-order chi connectivity index (χ1) is 8.15. The summed E-state index contributed by atoms with van der Waals surface area (Å²) in [4.78, 5) is 2.99. The molecule has 1 aliphatic heterocycles. The fourth-order valence-electron chi connectivity index (χ4n) is 3.11. The first-order valence-corrected chi connectivity index (χ1v) is 7.21. The van der Waals surface area contributed by atoms with Crippen LogP contribution in [0.1, 0.15) is 24.8 Å². The Bertz CT molecular complexity index is 474. The molecule has 2 aliphatic rings. The predicted octanol–water partition coefficient (Wildman–Crippen LogP) is 3.07. The molecule has 1 saturated carbocycles. The molecule has 90 valence electrons. The van der Waals surface area contributed by atoms with E-state index in [0.29, 0.717) is 4.99 Å². The van der Waals surface area contributed by atoms with Crippen LogP contribution in [-0.2, 0) is 0 Å². The van der Waals surface area contributed by atoms with Gasteiger partial charge in [-0.05, 0) is 59.3 Å². The minimum absolute atomic E-state index is 0.459. The molecule has 2 N–H and O–H groups in total. The molecule has 17 heavy (non-hydrogen) atoms. The number of anilines is 1. The van der Waals surface area contributed by atoms with Crippen LogP contribution in [0, 0.1) is 5.92 Å². The van der Waals surface area contributed by atoms with Crippen LogP contribution < -0.4 is 10.6 Å². The van der Waals surface area contributed by atoms with E-state index in [0.717, 1.165) is 22.0 Å². The summed E-state index contributed by atoms with van der Waals surface area (Å²) in [6.07, 6.45) is 4.11. The topological polar surface area (TPSA) is 29.3 Å². The van der Waals surface area contributed by atoms with Crippen molar-refractivity contribution < 1.29 is 0 Å². The summed E-state index contributed by atoms with van der Waals surface area (Å²) in [5.41, 5.74) is 7.86. The molecule has 0 spiro atoms. The molecule has 4 heteroatoms. The second-order valence-electron chi connectivity index (χ2n) is 5.02. The molecule has 2 nitrogen and oxygen atoms in total. The van der Waals surface area contributed by atoms with E-state index >= 15 is 0 Å². The van der Waals surface area contributed by atoms with E-state index in [1.54, 1.807) is 0 Å². The van der Waals surface area contributed by atoms with Gasteiger partial charge in [-0.3, -0.25) is 0 Å². The summed E-state index contributed by atoms with van der Waals surface area (Å²) in [6, 6.07) is 6.93. The average Bonchev–Trinajstić information content (AvgIpc) is 2.90. The quantitative estimate of drug-likeness (QED) is 0.851. The maximum Gasteiger partial charge on any atom is 0.104 e. The van der Waals surface area contributed by atoms with E-state index < -0.39 is 0 Å². The van der Waals surface area contributed by atoms with Gasteiger partial charge < -0.3 is 10.6 Å². The Hall–Kier alpha value is -0.610. The zero-order chi connectivity index (χ0) is 12.0. The number of halogens is 1. The minimum atomic E-state index is 0.459. The van der Waals surface area contributed by atoms with Gasteiger partial charge >= 0.3 is 0 Å². The molecule has 0 radical (unpaired) electrons. The van der Waals surface area contributed by atoms with Crippen molar-refractivity contribution in [1.29, 1.82) is 0 Å². The summed E-state index contributed by atoms with van der Waals surface area (Å²) in [5.74, 6) is 0.905. The molecule has 3 rings (SSSR count). The molecule has 1 heterocycles. The van der Waals surface area contributed by atoms with Gasteiger partial charge in [0.15, 0.2) is 0 Å². The van der Waals surface area contributed by atoms with Crippen molar-refractivity contribution in [3.05, 3.63) is 28.2 Å². The Labute approximate surface area is 115 Å². The first kappa shape index (κ1) is 11.5. The van der Waals surface area contributed by atoms with Crippen LogP contribution in [0.2, 0.25) is 0 Å². The van der Waals surface area contributed by atoms with Crippen molar-refractivity contribution in [2.75, 3.05) is 11.4 Å². The van der Waals surface area contributed by atoms with Gasteiger partial charge in [0.05, 0.1) is 5.69 Å². The molecule has 0 aromatic heterocycles. The highest BCUT2D eigenvalue weighted by Gasteiger charge is 2.38. The largest absolute Gasteiger partial charge is 0.389 e. The number of benzene rings is 1. The van der Waals surface area contributed by atoms with Crippen molar-refractivity contribution >= 4 is 38.8 Å². The second kappa shape index (κ2) is 4.25. The number of rotatable bonds is 2. The fourth-order valence-corrected chi connectivity index (χ4v) is 3.85. The summed E-state index contributed by atoms with van der Waals surface area (Å²) in [5, 5.41) is 0. The molecule has 2 bridgehead atoms. The lowest BCUT2D eigenvalue weighted by Gasteiger charge is -2.30. The molecular formula is C13H15BrN2S. The molecule has 2 atom stereocenters. The highest BCUT2D eigenvalue weighted by atomic mass is 79.9. The van der Waals surface area contributed by atoms with E-state index in [1.165, 1.54) is 31.5 Å². The highest BCUT2D eigenvalue weighted by Crippen LogP contribution is 2.42. The lowest BCUT2D eigenvalue weighted by Crippen LogP contribution is -2.32. The van der Waals surface area contributed by atoms with Crippen molar-refractivity contribution in [1.82, 2.24) is 0 Å². The van der Waals surface area contributed by atoms with E-state index in [4.69, 9.17) is 18.0 Å². The van der Waals surface area contributed by atoms with Crippen molar-refractivity contribution in [3.63, 3.8) is 0 Å². The summed E-state index contributed by atoms with van der Waals surface area (Å²) >= 11 is 8.64. The van der Waals surface area contributed by atoms with Crippen LogP contribution in [0.5, 0.6) is 0 Å². The van der Waals surface area contributed by atoms with E-state index in [2.05, 4.69) is 26.9 Å². The van der Waals surface area contributed by atoms with Gasteiger partial charge in [0.25, 0.3) is 0 Å². The van der Waals surface area contributed by atoms with Crippen molar-refractivity contribution in [3.8, 4) is 0 Å². The summed E-state index contributed by atoms with van der Waals surface area (Å²) in [7, 11) is 0. The number of nitrogens with zero attached hydrogens (tertiary/aromatic N) is 1. The van der Waals surface area contributed by atoms with Crippen LogP contribution in [0.15, 0.2) is 22.7 Å². The Morgan fingerprint density at radius 1 is 1.41 bits per heavy atom. The zero-order valence-corrected chi connectivity index (χ0v) is 11.9. The highest BCUT2D eigenvalue weighted by molar-refractivity contribution is 9.10. The Kier molecular flexibility index (Phi) is 2.87. The molecule has 2 unspecified atom stereocenters.